The van der Waals surface area contributed by atoms with E-state index in [1.165, 1.54) is 0 Å². The smallest absolute Gasteiger partial charge is 0.0505 e. The van der Waals surface area contributed by atoms with Crippen LogP contribution in [-0.4, -0.2) is 21.9 Å². The first kappa shape index (κ1) is 11.5. The Morgan fingerprint density at radius 1 is 1.50 bits per heavy atom. The molecule has 2 nitrogen and oxygen atoms in total. The lowest BCUT2D eigenvalue weighted by Crippen LogP contribution is -2.00. The number of hydrogen-bond donors (Lipinski definition) is 1. The SMILES string of the molecule is Cc1cccc(CSC(C)CCO)n1. The standard InChI is InChI=1S/C11H17NOS/c1-9-4-3-5-11(12-9)8-14-10(2)6-7-13/h3-5,10,13H,6-8H2,1-2H3. The average molecular weight is 211 g/mol. The predicted octanol–water partition coefficient (Wildman–Crippen LogP) is 2.39. The van der Waals surface area contributed by atoms with Gasteiger partial charge >= 0.3 is 0 Å². The van der Waals surface area contributed by atoms with Gasteiger partial charge in [0, 0.05) is 23.3 Å². The number of thioether (sulfide) groups is 1. The molecular formula is C11H17NOS. The van der Waals surface area contributed by atoms with Crippen LogP contribution < -0.4 is 0 Å². The normalized spacial score (nSPS) is 12.8. The number of aryl methyl sites for hydroxylation is 1. The molecule has 1 aromatic heterocycles. The maximum atomic E-state index is 8.75. The van der Waals surface area contributed by atoms with Crippen molar-refractivity contribution in [2.24, 2.45) is 0 Å². The highest BCUT2D eigenvalue weighted by Gasteiger charge is 2.02. The van der Waals surface area contributed by atoms with E-state index in [4.69, 9.17) is 5.11 Å². The Balaban J connectivity index is 2.37. The number of aromatic nitrogens is 1. The third-order valence-corrected chi connectivity index (χ3v) is 3.26. The second-order valence-electron chi connectivity index (χ2n) is 3.40. The molecule has 1 N–H and O–H groups in total. The van der Waals surface area contributed by atoms with Crippen LogP contribution in [-0.2, 0) is 5.75 Å². The van der Waals surface area contributed by atoms with Crippen LogP contribution in [0.25, 0.3) is 0 Å². The molecule has 1 heterocycles. The molecule has 1 aromatic rings. The van der Waals surface area contributed by atoms with Crippen molar-refractivity contribution in [3.63, 3.8) is 0 Å². The Hall–Kier alpha value is -0.540. The van der Waals surface area contributed by atoms with E-state index in [9.17, 15) is 0 Å². The van der Waals surface area contributed by atoms with Crippen molar-refractivity contribution in [1.29, 1.82) is 0 Å². The maximum absolute atomic E-state index is 8.75. The number of nitrogens with zero attached hydrogens (tertiary/aromatic N) is 1. The molecule has 0 aromatic carbocycles. The Morgan fingerprint density at radius 3 is 2.93 bits per heavy atom. The van der Waals surface area contributed by atoms with Gasteiger partial charge in [0.1, 0.15) is 0 Å². The van der Waals surface area contributed by atoms with Gasteiger partial charge in [-0.15, -0.1) is 0 Å². The molecule has 1 unspecified atom stereocenters. The fourth-order valence-corrected chi connectivity index (χ4v) is 2.06. The zero-order chi connectivity index (χ0) is 10.4. The van der Waals surface area contributed by atoms with Crippen LogP contribution >= 0.6 is 11.8 Å². The summed E-state index contributed by atoms with van der Waals surface area (Å²) in [6.07, 6.45) is 0.858. The van der Waals surface area contributed by atoms with Crippen LogP contribution in [0.15, 0.2) is 18.2 Å². The lowest BCUT2D eigenvalue weighted by Gasteiger charge is -2.08. The first-order chi connectivity index (χ1) is 6.72. The Bertz CT molecular complexity index is 278. The highest BCUT2D eigenvalue weighted by Crippen LogP contribution is 2.18. The Labute approximate surface area is 89.8 Å². The second-order valence-corrected chi connectivity index (χ2v) is 4.83. The summed E-state index contributed by atoms with van der Waals surface area (Å²) < 4.78 is 0. The van der Waals surface area contributed by atoms with E-state index in [1.54, 1.807) is 0 Å². The summed E-state index contributed by atoms with van der Waals surface area (Å²) in [5.41, 5.74) is 2.19. The van der Waals surface area contributed by atoms with Gasteiger partial charge < -0.3 is 5.11 Å². The van der Waals surface area contributed by atoms with Crippen molar-refractivity contribution >= 4 is 11.8 Å². The summed E-state index contributed by atoms with van der Waals surface area (Å²) in [6, 6.07) is 6.09. The van der Waals surface area contributed by atoms with E-state index in [2.05, 4.69) is 11.9 Å². The van der Waals surface area contributed by atoms with E-state index >= 15 is 0 Å². The van der Waals surface area contributed by atoms with Crippen molar-refractivity contribution in [2.45, 2.75) is 31.3 Å². The minimum absolute atomic E-state index is 0.273. The quantitative estimate of drug-likeness (QED) is 0.812. The molecule has 0 aliphatic heterocycles. The summed E-state index contributed by atoms with van der Waals surface area (Å²) in [5, 5.41) is 9.25. The molecule has 1 rings (SSSR count). The van der Waals surface area contributed by atoms with Gasteiger partial charge in [0.2, 0.25) is 0 Å². The number of rotatable bonds is 5. The van der Waals surface area contributed by atoms with Crippen LogP contribution in [0.5, 0.6) is 0 Å². The summed E-state index contributed by atoms with van der Waals surface area (Å²) in [7, 11) is 0. The Kier molecular flexibility index (Phi) is 4.98. The zero-order valence-electron chi connectivity index (χ0n) is 8.73. The second kappa shape index (κ2) is 6.04. The number of aliphatic hydroxyl groups is 1. The molecule has 0 aliphatic carbocycles. The molecule has 0 fully saturated rings. The van der Waals surface area contributed by atoms with E-state index < -0.39 is 0 Å². The summed E-state index contributed by atoms with van der Waals surface area (Å²) >= 11 is 1.84. The van der Waals surface area contributed by atoms with Crippen molar-refractivity contribution in [2.75, 3.05) is 6.61 Å². The van der Waals surface area contributed by atoms with Crippen molar-refractivity contribution in [3.8, 4) is 0 Å². The minimum Gasteiger partial charge on any atom is -0.396 e. The monoisotopic (exact) mass is 211 g/mol. The van der Waals surface area contributed by atoms with E-state index in [0.717, 1.165) is 23.6 Å². The van der Waals surface area contributed by atoms with Crippen LogP contribution in [0.1, 0.15) is 24.7 Å². The Morgan fingerprint density at radius 2 is 2.29 bits per heavy atom. The molecular weight excluding hydrogens is 194 g/mol. The van der Waals surface area contributed by atoms with Crippen molar-refractivity contribution < 1.29 is 5.11 Å². The number of aliphatic hydroxyl groups excluding tert-OH is 1. The van der Waals surface area contributed by atoms with Crippen molar-refractivity contribution in [1.82, 2.24) is 4.98 Å². The molecule has 0 spiro atoms. The molecule has 0 aliphatic rings. The average Bonchev–Trinajstić information content (AvgIpc) is 2.15. The van der Waals surface area contributed by atoms with Crippen LogP contribution in [0, 0.1) is 6.92 Å². The largest absolute Gasteiger partial charge is 0.396 e. The molecule has 0 amide bonds. The van der Waals surface area contributed by atoms with E-state index in [-0.39, 0.29) is 6.61 Å². The lowest BCUT2D eigenvalue weighted by molar-refractivity contribution is 0.289. The molecule has 1 atom stereocenters. The van der Waals surface area contributed by atoms with Gasteiger partial charge in [0.05, 0.1) is 5.69 Å². The van der Waals surface area contributed by atoms with Crippen molar-refractivity contribution in [3.05, 3.63) is 29.6 Å². The van der Waals surface area contributed by atoms with Gasteiger partial charge in [-0.1, -0.05) is 13.0 Å². The molecule has 0 bridgehead atoms. The molecule has 14 heavy (non-hydrogen) atoms. The van der Waals surface area contributed by atoms with Gasteiger partial charge in [-0.05, 0) is 25.5 Å². The fourth-order valence-electron chi connectivity index (χ4n) is 1.17. The maximum Gasteiger partial charge on any atom is 0.0505 e. The molecule has 3 heteroatoms. The fraction of sp³-hybridized carbons (Fsp3) is 0.545. The van der Waals surface area contributed by atoms with Gasteiger partial charge in [0.15, 0.2) is 0 Å². The van der Waals surface area contributed by atoms with Crippen LogP contribution in [0.2, 0.25) is 0 Å². The van der Waals surface area contributed by atoms with E-state index in [1.807, 2.05) is 36.9 Å². The summed E-state index contributed by atoms with van der Waals surface area (Å²) in [4.78, 5) is 4.42. The number of hydrogen-bond acceptors (Lipinski definition) is 3. The number of pyridine rings is 1. The lowest BCUT2D eigenvalue weighted by atomic mass is 10.3. The van der Waals surface area contributed by atoms with Crippen LogP contribution in [0.4, 0.5) is 0 Å². The first-order valence-electron chi connectivity index (χ1n) is 4.87. The van der Waals surface area contributed by atoms with Crippen LogP contribution in [0.3, 0.4) is 0 Å². The summed E-state index contributed by atoms with van der Waals surface area (Å²) in [5.74, 6) is 0.933. The summed E-state index contributed by atoms with van der Waals surface area (Å²) in [6.45, 7) is 4.41. The van der Waals surface area contributed by atoms with Gasteiger partial charge in [-0.3, -0.25) is 4.98 Å². The van der Waals surface area contributed by atoms with Gasteiger partial charge in [0.25, 0.3) is 0 Å². The highest BCUT2D eigenvalue weighted by molar-refractivity contribution is 7.99. The van der Waals surface area contributed by atoms with Gasteiger partial charge in [-0.25, -0.2) is 0 Å². The topological polar surface area (TPSA) is 33.1 Å². The molecule has 0 radical (unpaired) electrons. The minimum atomic E-state index is 0.273. The zero-order valence-corrected chi connectivity index (χ0v) is 9.55. The highest BCUT2D eigenvalue weighted by atomic mass is 32.2. The third-order valence-electron chi connectivity index (χ3n) is 2.00. The molecule has 0 saturated heterocycles. The first-order valence-corrected chi connectivity index (χ1v) is 5.92. The molecule has 0 saturated carbocycles. The predicted molar refractivity (Wildman–Crippen MR) is 61.4 cm³/mol. The molecule has 78 valence electrons. The van der Waals surface area contributed by atoms with Gasteiger partial charge in [-0.2, -0.15) is 11.8 Å². The third kappa shape index (κ3) is 4.11. The van der Waals surface area contributed by atoms with E-state index in [0.29, 0.717) is 5.25 Å².